The van der Waals surface area contributed by atoms with Crippen molar-refractivity contribution in [2.45, 2.75) is 125 Å². The van der Waals surface area contributed by atoms with Gasteiger partial charge >= 0.3 is 0 Å². The number of nitrogens with one attached hydrogen (secondary N) is 1. The van der Waals surface area contributed by atoms with E-state index in [1.165, 1.54) is 17.1 Å². The smallest absolute Gasteiger partial charge is 0.243 e. The van der Waals surface area contributed by atoms with Gasteiger partial charge in [-0.25, -0.2) is 21.6 Å². The van der Waals surface area contributed by atoms with Crippen LogP contribution < -0.4 is 4.72 Å². The predicted molar refractivity (Wildman–Crippen MR) is 192 cm³/mol. The molecule has 2 aromatic rings. The number of hydrogen-bond acceptors (Lipinski definition) is 5. The van der Waals surface area contributed by atoms with Crippen molar-refractivity contribution in [2.75, 3.05) is 20.1 Å². The first-order valence-corrected chi connectivity index (χ1v) is 17.3. The summed E-state index contributed by atoms with van der Waals surface area (Å²) in [4.78, 5) is 14.5. The Labute approximate surface area is 278 Å². The lowest BCUT2D eigenvalue weighted by Crippen LogP contribution is -2.43. The first kappa shape index (κ1) is 47.1. The lowest BCUT2D eigenvalue weighted by molar-refractivity contribution is -0.140. The van der Waals surface area contributed by atoms with E-state index in [2.05, 4.69) is 11.6 Å². The summed E-state index contributed by atoms with van der Waals surface area (Å²) in [6.45, 7) is 21.2. The summed E-state index contributed by atoms with van der Waals surface area (Å²) in [6, 6.07) is 16.8. The molecule has 1 aliphatic rings. The molecule has 3 rings (SSSR count). The van der Waals surface area contributed by atoms with Gasteiger partial charge in [-0.15, -0.1) is 0 Å². The predicted octanol–water partition coefficient (Wildman–Crippen LogP) is 8.07. The van der Waals surface area contributed by atoms with E-state index >= 15 is 0 Å². The van der Waals surface area contributed by atoms with Crippen LogP contribution in [-0.4, -0.2) is 63.2 Å². The van der Waals surface area contributed by atoms with Crippen LogP contribution in [0.25, 0.3) is 0 Å². The molecule has 0 unspecified atom stereocenters. The van der Waals surface area contributed by atoms with Crippen LogP contribution in [-0.2, 0) is 24.8 Å². The molecular weight excluding hydrogens is 607 g/mol. The molecule has 10 heteroatoms. The largest absolute Gasteiger partial charge is 0.342 e. The van der Waals surface area contributed by atoms with Crippen LogP contribution in [0.1, 0.15) is 104 Å². The number of amides is 1. The molecule has 262 valence electrons. The summed E-state index contributed by atoms with van der Waals surface area (Å²) in [5.74, 6) is 1.10. The maximum absolute atomic E-state index is 12.1. The molecule has 0 saturated carbocycles. The van der Waals surface area contributed by atoms with Crippen molar-refractivity contribution >= 4 is 26.0 Å². The Morgan fingerprint density at radius 3 is 1.44 bits per heavy atom. The highest BCUT2D eigenvalue weighted by molar-refractivity contribution is 7.89. The molecular formula is C35H65N3O5S2. The van der Waals surface area contributed by atoms with Crippen LogP contribution in [0, 0.1) is 11.3 Å². The molecule has 1 fully saturated rings. The van der Waals surface area contributed by atoms with Gasteiger partial charge in [-0.1, -0.05) is 86.4 Å². The molecule has 1 aliphatic heterocycles. The SMILES string of the molecule is C.C.C.CC(C)(C)NS(=O)(=O)c1ccccc1.CC1CCN(C(=O)C(C)(C)C)CC1.CN(C(C)(C)C)S(=O)(=O)c1ccccc1. The van der Waals surface area contributed by atoms with Gasteiger partial charge in [0.15, 0.2) is 0 Å². The van der Waals surface area contributed by atoms with E-state index in [1.807, 2.05) is 67.2 Å². The number of rotatable bonds is 4. The van der Waals surface area contributed by atoms with Crippen LogP contribution in [0.15, 0.2) is 70.5 Å². The topological polar surface area (TPSA) is 104 Å². The summed E-state index contributed by atoms with van der Waals surface area (Å²) in [5, 5.41) is 0. The van der Waals surface area contributed by atoms with E-state index in [0.717, 1.165) is 19.0 Å². The highest BCUT2D eigenvalue weighted by Gasteiger charge is 2.30. The quantitative estimate of drug-likeness (QED) is 0.354. The zero-order valence-electron chi connectivity index (χ0n) is 27.4. The molecule has 0 bridgehead atoms. The van der Waals surface area contributed by atoms with E-state index in [0.29, 0.717) is 15.7 Å². The molecule has 0 aromatic heterocycles. The molecule has 0 aliphatic carbocycles. The molecule has 1 amide bonds. The number of likely N-dealkylation sites (tertiary alicyclic amines) is 1. The Hall–Kier alpha value is -2.27. The summed E-state index contributed by atoms with van der Waals surface area (Å²) < 4.78 is 51.7. The van der Waals surface area contributed by atoms with Gasteiger partial charge in [0.25, 0.3) is 0 Å². The Bertz CT molecular complexity index is 1320. The molecule has 0 atom stereocenters. The third-order valence-electron chi connectivity index (χ3n) is 6.55. The molecule has 2 aromatic carbocycles. The number of carbonyl (C=O) groups is 1. The summed E-state index contributed by atoms with van der Waals surface area (Å²) >= 11 is 0. The number of hydrogen-bond donors (Lipinski definition) is 1. The minimum absolute atomic E-state index is 0. The maximum atomic E-state index is 12.1. The molecule has 1 N–H and O–H groups in total. The van der Waals surface area contributed by atoms with E-state index in [1.54, 1.807) is 67.7 Å². The van der Waals surface area contributed by atoms with Crippen molar-refractivity contribution in [1.29, 1.82) is 0 Å². The van der Waals surface area contributed by atoms with Gasteiger partial charge in [-0.2, -0.15) is 4.31 Å². The molecule has 1 saturated heterocycles. The first-order valence-electron chi connectivity index (χ1n) is 14.4. The average Bonchev–Trinajstić information content (AvgIpc) is 2.88. The normalized spacial score (nSPS) is 14.3. The Balaban J connectivity index is -0.000000570. The van der Waals surface area contributed by atoms with Crippen molar-refractivity contribution in [2.24, 2.45) is 11.3 Å². The maximum Gasteiger partial charge on any atom is 0.243 e. The number of sulfonamides is 2. The van der Waals surface area contributed by atoms with E-state index in [4.69, 9.17) is 0 Å². The lowest BCUT2D eigenvalue weighted by atomic mass is 9.92. The zero-order chi connectivity index (χ0) is 32.6. The highest BCUT2D eigenvalue weighted by Crippen LogP contribution is 2.23. The monoisotopic (exact) mass is 671 g/mol. The average molecular weight is 672 g/mol. The lowest BCUT2D eigenvalue weighted by Gasteiger charge is -2.34. The summed E-state index contributed by atoms with van der Waals surface area (Å²) in [6.07, 6.45) is 2.34. The minimum Gasteiger partial charge on any atom is -0.342 e. The molecule has 0 spiro atoms. The molecule has 1 heterocycles. The van der Waals surface area contributed by atoms with Crippen molar-refractivity contribution in [3.05, 3.63) is 60.7 Å². The molecule has 8 nitrogen and oxygen atoms in total. The van der Waals surface area contributed by atoms with Crippen LogP contribution >= 0.6 is 0 Å². The van der Waals surface area contributed by atoms with Crippen LogP contribution in [0.2, 0.25) is 0 Å². The second-order valence-corrected chi connectivity index (χ2v) is 17.5. The highest BCUT2D eigenvalue weighted by atomic mass is 32.2. The van der Waals surface area contributed by atoms with Crippen molar-refractivity contribution < 1.29 is 21.6 Å². The molecule has 45 heavy (non-hydrogen) atoms. The fraction of sp³-hybridized carbons (Fsp3) is 0.629. The Kier molecular flexibility index (Phi) is 19.7. The zero-order valence-corrected chi connectivity index (χ0v) is 29.1. The number of nitrogens with zero attached hydrogens (tertiary/aromatic N) is 2. The third kappa shape index (κ3) is 16.2. The van der Waals surface area contributed by atoms with Gasteiger partial charge in [0.05, 0.1) is 9.79 Å². The second kappa shape index (κ2) is 18.8. The van der Waals surface area contributed by atoms with Crippen molar-refractivity contribution in [3.8, 4) is 0 Å². The van der Waals surface area contributed by atoms with Gasteiger partial charge in [-0.05, 0) is 84.6 Å². The number of piperidine rings is 1. The van der Waals surface area contributed by atoms with E-state index in [9.17, 15) is 21.6 Å². The van der Waals surface area contributed by atoms with Gasteiger partial charge < -0.3 is 4.90 Å². The Morgan fingerprint density at radius 2 is 1.11 bits per heavy atom. The summed E-state index contributed by atoms with van der Waals surface area (Å²) in [7, 11) is -5.13. The number of carbonyl (C=O) groups excluding carboxylic acids is 1. The standard InChI is InChI=1S/C11H17NO2S.C11H21NO.C10H15NO2S.3CH4/c1-11(2,3)12(4)15(13,14)10-8-6-5-7-9-10;1-9-5-7-12(8-6-9)10(13)11(2,3)4;1-10(2,3)11-14(12,13)9-7-5-4-6-8-9;;;/h5-9H,1-4H3;9H,5-8H2,1-4H3;4-8,11H,1-3H3;3*1H4. The minimum atomic E-state index is -3.37. The summed E-state index contributed by atoms with van der Waals surface area (Å²) in [5.41, 5.74) is -1.07. The van der Waals surface area contributed by atoms with Gasteiger partial charge in [-0.3, -0.25) is 4.79 Å². The number of benzene rings is 2. The second-order valence-electron chi connectivity index (χ2n) is 13.8. The van der Waals surface area contributed by atoms with Crippen LogP contribution in [0.3, 0.4) is 0 Å². The van der Waals surface area contributed by atoms with E-state index < -0.39 is 31.1 Å². The fourth-order valence-corrected chi connectivity index (χ4v) is 6.84. The van der Waals surface area contributed by atoms with Gasteiger partial charge in [0, 0.05) is 36.6 Å². The van der Waals surface area contributed by atoms with Gasteiger partial charge in [0.1, 0.15) is 0 Å². The van der Waals surface area contributed by atoms with Gasteiger partial charge in [0.2, 0.25) is 26.0 Å². The van der Waals surface area contributed by atoms with Crippen molar-refractivity contribution in [1.82, 2.24) is 13.9 Å². The van der Waals surface area contributed by atoms with E-state index in [-0.39, 0.29) is 27.7 Å². The van der Waals surface area contributed by atoms with Crippen molar-refractivity contribution in [3.63, 3.8) is 0 Å². The third-order valence-corrected chi connectivity index (χ3v) is 10.5. The Morgan fingerprint density at radius 1 is 0.733 bits per heavy atom. The molecule has 0 radical (unpaired) electrons. The van der Waals surface area contributed by atoms with Crippen LogP contribution in [0.4, 0.5) is 0 Å². The van der Waals surface area contributed by atoms with Crippen LogP contribution in [0.5, 0.6) is 0 Å². The fourth-order valence-electron chi connectivity index (χ4n) is 3.86. The first-order chi connectivity index (χ1) is 19.0.